The molecular weight excluding hydrogens is 801 g/mol. The topological polar surface area (TPSA) is 104 Å². The molecule has 8 heteroatoms. The number of hydrogen-bond acceptors (Lipinski definition) is 8. The quantitative estimate of drug-likeness (QED) is 0.0176. The fourth-order valence-electron chi connectivity index (χ4n) is 5.79. The van der Waals surface area contributed by atoms with E-state index in [0.717, 1.165) is 89.9 Å². The minimum atomic E-state index is -1.38. The van der Waals surface area contributed by atoms with Gasteiger partial charge in [0.05, 0.1) is 25.0 Å². The predicted octanol–water partition coefficient (Wildman–Crippen LogP) is 10.9. The molecule has 0 radical (unpaired) electrons. The van der Waals surface area contributed by atoms with Crippen molar-refractivity contribution < 1.29 is 38.1 Å². The van der Waals surface area contributed by atoms with Crippen LogP contribution in [-0.2, 0) is 38.1 Å². The van der Waals surface area contributed by atoms with E-state index in [2.05, 4.69) is 147 Å². The van der Waals surface area contributed by atoms with Crippen molar-refractivity contribution in [3.63, 3.8) is 0 Å². The summed E-state index contributed by atoms with van der Waals surface area (Å²) in [6.07, 6.45) is 36.6. The van der Waals surface area contributed by atoms with Gasteiger partial charge >= 0.3 is 17.9 Å². The summed E-state index contributed by atoms with van der Waals surface area (Å²) in [6.45, 7) is 5.95. The molecule has 2 aliphatic rings. The van der Waals surface area contributed by atoms with Crippen molar-refractivity contribution >= 4 is 17.9 Å². The van der Waals surface area contributed by atoms with Crippen LogP contribution in [0.1, 0.15) is 162 Å². The van der Waals surface area contributed by atoms with Gasteiger partial charge in [-0.1, -0.05) is 143 Å². The highest BCUT2D eigenvalue weighted by Crippen LogP contribution is 2.27. The second-order valence-corrected chi connectivity index (χ2v) is 15.2. The van der Waals surface area contributed by atoms with Gasteiger partial charge in [0, 0.05) is 25.7 Å². The van der Waals surface area contributed by atoms with Gasteiger partial charge < -0.3 is 23.7 Å². The zero-order valence-corrected chi connectivity index (χ0v) is 38.7. The number of unbranched alkanes of at least 4 members (excludes halogenated alkanes) is 9. The van der Waals surface area contributed by atoms with E-state index in [0.29, 0.717) is 6.42 Å². The molecule has 5 atom stereocenters. The number of carbonyl (C=O) groups excluding carboxylic acids is 3. The molecule has 2 heterocycles. The molecule has 64 heavy (non-hydrogen) atoms. The Hall–Kier alpha value is -5.61. The highest BCUT2D eigenvalue weighted by atomic mass is 16.7. The van der Waals surface area contributed by atoms with Crippen LogP contribution in [0.3, 0.4) is 0 Å². The lowest BCUT2D eigenvalue weighted by Gasteiger charge is -2.18. The third kappa shape index (κ3) is 33.0. The first-order valence-corrected chi connectivity index (χ1v) is 23.6. The molecule has 2 rings (SSSR count). The zero-order valence-electron chi connectivity index (χ0n) is 38.7. The summed E-state index contributed by atoms with van der Waals surface area (Å²) in [6, 6.07) is 0. The minimum absolute atomic E-state index is 0.000184. The summed E-state index contributed by atoms with van der Waals surface area (Å²) < 4.78 is 27.4. The Morgan fingerprint density at radius 2 is 1.05 bits per heavy atom. The second kappa shape index (κ2) is 39.0. The van der Waals surface area contributed by atoms with E-state index >= 15 is 0 Å². The molecule has 0 aromatic carbocycles. The number of rotatable bonds is 30. The molecule has 0 unspecified atom stereocenters. The van der Waals surface area contributed by atoms with E-state index in [9.17, 15) is 14.4 Å². The van der Waals surface area contributed by atoms with E-state index in [1.807, 2.05) is 6.08 Å². The SMILES string of the molecule is CC/C=C\C=C/CCC[C@H]1O[C@@H]1C#CC#CCCC(=O)OC[C@@H](OC(=O)CCC#CC#C[C@H]1O[C@@H]1CCC/C=C\C=C/CC)OC(=O)CCCCCCCC#CC#C/C=C/CCCC. The number of ether oxygens (including phenoxy) is 5. The van der Waals surface area contributed by atoms with Crippen LogP contribution in [0, 0.1) is 71.0 Å². The van der Waals surface area contributed by atoms with Gasteiger partial charge in [-0.25, -0.2) is 0 Å². The lowest BCUT2D eigenvalue weighted by atomic mass is 10.1. The van der Waals surface area contributed by atoms with Crippen LogP contribution < -0.4 is 0 Å². The average Bonchev–Trinajstić information content (AvgIpc) is 4.22. The van der Waals surface area contributed by atoms with E-state index in [4.69, 9.17) is 23.7 Å². The smallest absolute Gasteiger partial charge is 0.309 e. The normalized spacial score (nSPS) is 17.4. The van der Waals surface area contributed by atoms with E-state index in [1.54, 1.807) is 0 Å². The Morgan fingerprint density at radius 1 is 0.531 bits per heavy atom. The van der Waals surface area contributed by atoms with Gasteiger partial charge in [0.1, 0.15) is 12.2 Å². The van der Waals surface area contributed by atoms with Gasteiger partial charge in [-0.05, 0) is 112 Å². The molecule has 2 fully saturated rings. The maximum atomic E-state index is 12.7. The molecule has 0 saturated carbocycles. The maximum Gasteiger partial charge on any atom is 0.309 e. The lowest BCUT2D eigenvalue weighted by molar-refractivity contribution is -0.199. The molecule has 2 aliphatic heterocycles. The third-order valence-corrected chi connectivity index (χ3v) is 9.50. The third-order valence-electron chi connectivity index (χ3n) is 9.50. The first-order valence-electron chi connectivity index (χ1n) is 23.6. The monoisotopic (exact) mass is 871 g/mol. The van der Waals surface area contributed by atoms with Gasteiger partial charge in [-0.15, -0.1) is 0 Å². The molecule has 342 valence electrons. The Morgan fingerprint density at radius 3 is 1.66 bits per heavy atom. The van der Waals surface area contributed by atoms with Crippen LogP contribution >= 0.6 is 0 Å². The van der Waals surface area contributed by atoms with Gasteiger partial charge in [-0.3, -0.25) is 14.4 Å². The van der Waals surface area contributed by atoms with Crippen LogP contribution in [-0.4, -0.2) is 55.2 Å². The van der Waals surface area contributed by atoms with Crippen molar-refractivity contribution in [1.29, 1.82) is 0 Å². The average molecular weight is 871 g/mol. The van der Waals surface area contributed by atoms with Gasteiger partial charge in [-0.2, -0.15) is 0 Å². The molecule has 0 aliphatic carbocycles. The Labute approximate surface area is 385 Å². The molecule has 2 saturated heterocycles. The summed E-state index contributed by atoms with van der Waals surface area (Å²) >= 11 is 0. The standard InChI is InChI=1S/C56H70O8/c1-4-7-10-13-16-17-18-19-20-21-22-23-26-29-39-46-54(58)63-56(64-55(59)47-40-33-31-37-44-52-50(62-52)42-35-28-25-15-12-9-6-3)48-60-53(57)45-38-32-30-36-43-51-49(61-51)41-34-27-24-14-11-8-5-2/h8-9,11-16,24-25,49-52,56H,4-7,10,21-23,26-29,34-35,38-42,45-48H2,1-3H3/b11-8-,12-9-,16-13+,24-14-,25-15-/t49-,50-,51-,52-,56-/m1/s1. The summed E-state index contributed by atoms with van der Waals surface area (Å²) in [5.74, 6) is 32.9. The van der Waals surface area contributed by atoms with Crippen LogP contribution in [0.5, 0.6) is 0 Å². The van der Waals surface area contributed by atoms with Gasteiger partial charge in [0.25, 0.3) is 6.29 Å². The molecule has 0 N–H and O–H groups in total. The zero-order chi connectivity index (χ0) is 46.0. The highest BCUT2D eigenvalue weighted by molar-refractivity contribution is 5.72. The van der Waals surface area contributed by atoms with Crippen molar-refractivity contribution in [2.24, 2.45) is 0 Å². The number of epoxide rings is 2. The Balaban J connectivity index is 1.74. The maximum absolute atomic E-state index is 12.7. The number of esters is 3. The van der Waals surface area contributed by atoms with Crippen molar-refractivity contribution in [1.82, 2.24) is 0 Å². The molecule has 8 nitrogen and oxygen atoms in total. The number of hydrogen-bond donors (Lipinski definition) is 0. The summed E-state index contributed by atoms with van der Waals surface area (Å²) in [5.41, 5.74) is 0. The highest BCUT2D eigenvalue weighted by Gasteiger charge is 2.37. The molecule has 0 spiro atoms. The van der Waals surface area contributed by atoms with Crippen LogP contribution in [0.15, 0.2) is 60.8 Å². The largest absolute Gasteiger partial charge is 0.458 e. The van der Waals surface area contributed by atoms with Crippen molar-refractivity contribution in [2.75, 3.05) is 6.61 Å². The van der Waals surface area contributed by atoms with Crippen molar-refractivity contribution in [3.05, 3.63) is 60.8 Å². The first-order chi connectivity index (χ1) is 31.5. The van der Waals surface area contributed by atoms with Crippen LogP contribution in [0.4, 0.5) is 0 Å². The summed E-state index contributed by atoms with van der Waals surface area (Å²) in [7, 11) is 0. The minimum Gasteiger partial charge on any atom is -0.458 e. The Kier molecular flexibility index (Phi) is 33.2. The predicted molar refractivity (Wildman–Crippen MR) is 255 cm³/mol. The van der Waals surface area contributed by atoms with Crippen LogP contribution in [0.25, 0.3) is 0 Å². The van der Waals surface area contributed by atoms with Crippen molar-refractivity contribution in [3.8, 4) is 71.0 Å². The number of carbonyl (C=O) groups is 3. The summed E-state index contributed by atoms with van der Waals surface area (Å²) in [4.78, 5) is 37.9. The Bertz CT molecular complexity index is 1910. The van der Waals surface area contributed by atoms with Gasteiger partial charge in [0.15, 0.2) is 6.61 Å². The van der Waals surface area contributed by atoms with Crippen molar-refractivity contribution in [2.45, 2.75) is 193 Å². The molecule has 0 aromatic heterocycles. The summed E-state index contributed by atoms with van der Waals surface area (Å²) in [5, 5.41) is 0. The fourth-order valence-corrected chi connectivity index (χ4v) is 5.79. The van der Waals surface area contributed by atoms with E-state index in [-0.39, 0.29) is 56.5 Å². The number of allylic oxidation sites excluding steroid dienone is 10. The molecule has 0 amide bonds. The lowest BCUT2D eigenvalue weighted by Crippen LogP contribution is -2.30. The van der Waals surface area contributed by atoms with E-state index in [1.165, 1.54) is 12.8 Å². The fraction of sp³-hybridized carbons (Fsp3) is 0.554. The first kappa shape index (κ1) is 54.5. The molecule has 0 aromatic rings. The molecule has 0 bridgehead atoms. The van der Waals surface area contributed by atoms with Gasteiger partial charge in [0.2, 0.25) is 0 Å². The molecular formula is C56H70O8. The van der Waals surface area contributed by atoms with E-state index < -0.39 is 30.8 Å². The second-order valence-electron chi connectivity index (χ2n) is 15.2. The van der Waals surface area contributed by atoms with Crippen LogP contribution in [0.2, 0.25) is 0 Å².